The Morgan fingerprint density at radius 3 is 2.53 bits per heavy atom. The van der Waals surface area contributed by atoms with Crippen molar-refractivity contribution in [1.29, 1.82) is 0 Å². The minimum atomic E-state index is -2.94. The van der Waals surface area contributed by atoms with Crippen LogP contribution >= 0.6 is 0 Å². The van der Waals surface area contributed by atoms with Crippen molar-refractivity contribution in [3.63, 3.8) is 0 Å². The summed E-state index contributed by atoms with van der Waals surface area (Å²) in [5.74, 6) is -0.461. The Balaban J connectivity index is 2.63. The van der Waals surface area contributed by atoms with Crippen LogP contribution < -0.4 is 4.74 Å². The highest BCUT2D eigenvalue weighted by atomic mass is 19.3. The zero-order valence-electron chi connectivity index (χ0n) is 7.65. The van der Waals surface area contributed by atoms with Crippen LogP contribution in [-0.4, -0.2) is 11.7 Å². The number of phenols is 1. The third-order valence-electron chi connectivity index (χ3n) is 2.07. The van der Waals surface area contributed by atoms with Gasteiger partial charge in [-0.15, -0.1) is 0 Å². The predicted molar refractivity (Wildman–Crippen MR) is 52.2 cm³/mol. The van der Waals surface area contributed by atoms with Crippen LogP contribution in [0.25, 0.3) is 10.8 Å². The minimum Gasteiger partial charge on any atom is -0.504 e. The van der Waals surface area contributed by atoms with Gasteiger partial charge in [-0.25, -0.2) is 0 Å². The molecule has 0 saturated carbocycles. The molecule has 4 heteroatoms. The average Bonchev–Trinajstić information content (AvgIpc) is 2.22. The van der Waals surface area contributed by atoms with E-state index in [0.717, 1.165) is 5.39 Å². The summed E-state index contributed by atoms with van der Waals surface area (Å²) >= 11 is 0. The van der Waals surface area contributed by atoms with Gasteiger partial charge in [-0.2, -0.15) is 8.78 Å². The number of rotatable bonds is 2. The van der Waals surface area contributed by atoms with Gasteiger partial charge in [0.2, 0.25) is 0 Å². The summed E-state index contributed by atoms with van der Waals surface area (Å²) in [6, 6.07) is 9.83. The van der Waals surface area contributed by atoms with Crippen molar-refractivity contribution < 1.29 is 18.6 Å². The topological polar surface area (TPSA) is 29.5 Å². The van der Waals surface area contributed by atoms with Crippen LogP contribution in [0.2, 0.25) is 0 Å². The van der Waals surface area contributed by atoms with Crippen molar-refractivity contribution in [2.45, 2.75) is 6.61 Å². The van der Waals surface area contributed by atoms with Crippen molar-refractivity contribution in [2.24, 2.45) is 0 Å². The quantitative estimate of drug-likeness (QED) is 0.825. The fraction of sp³-hybridized carbons (Fsp3) is 0.0909. The lowest BCUT2D eigenvalue weighted by molar-refractivity contribution is -0.0501. The molecule has 78 valence electrons. The number of ether oxygens (including phenoxy) is 1. The molecule has 0 radical (unpaired) electrons. The molecule has 2 aromatic carbocycles. The number of fused-ring (bicyclic) bond motifs is 1. The molecule has 0 saturated heterocycles. The van der Waals surface area contributed by atoms with Gasteiger partial charge >= 0.3 is 6.61 Å². The summed E-state index contributed by atoms with van der Waals surface area (Å²) in [6.45, 7) is -2.94. The second-order valence-electron chi connectivity index (χ2n) is 3.01. The third kappa shape index (κ3) is 1.83. The molecule has 0 fully saturated rings. The lowest BCUT2D eigenvalue weighted by Crippen LogP contribution is -2.02. The van der Waals surface area contributed by atoms with Crippen molar-refractivity contribution >= 4 is 10.8 Å². The highest BCUT2D eigenvalue weighted by Gasteiger charge is 2.12. The summed E-state index contributed by atoms with van der Waals surface area (Å²) in [4.78, 5) is 0. The van der Waals surface area contributed by atoms with Gasteiger partial charge in [0.05, 0.1) is 0 Å². The van der Waals surface area contributed by atoms with Crippen LogP contribution in [0.4, 0.5) is 8.78 Å². The maximum atomic E-state index is 12.1. The molecule has 0 unspecified atom stereocenters. The molecule has 2 rings (SSSR count). The SMILES string of the molecule is Oc1ccc2ccccc2c1OC(F)F. The van der Waals surface area contributed by atoms with Gasteiger partial charge in [0, 0.05) is 5.39 Å². The number of hydrogen-bond donors (Lipinski definition) is 1. The Morgan fingerprint density at radius 2 is 1.80 bits per heavy atom. The molecule has 0 amide bonds. The first kappa shape index (κ1) is 9.71. The van der Waals surface area contributed by atoms with Crippen molar-refractivity contribution in [3.8, 4) is 11.5 Å². The van der Waals surface area contributed by atoms with Crippen molar-refractivity contribution in [1.82, 2.24) is 0 Å². The first-order chi connectivity index (χ1) is 7.18. The van der Waals surface area contributed by atoms with Crippen LogP contribution in [0.1, 0.15) is 0 Å². The summed E-state index contributed by atoms with van der Waals surface area (Å²) < 4.78 is 28.5. The van der Waals surface area contributed by atoms with E-state index in [9.17, 15) is 13.9 Å². The highest BCUT2D eigenvalue weighted by molar-refractivity contribution is 5.90. The van der Waals surface area contributed by atoms with E-state index in [1.54, 1.807) is 30.3 Å². The lowest BCUT2D eigenvalue weighted by atomic mass is 10.1. The molecule has 0 aliphatic rings. The molecule has 0 bridgehead atoms. The number of alkyl halides is 2. The Labute approximate surface area is 84.7 Å². The maximum Gasteiger partial charge on any atom is 0.387 e. The van der Waals surface area contributed by atoms with Gasteiger partial charge in [0.1, 0.15) is 0 Å². The number of halogens is 2. The molecule has 2 aromatic rings. The number of benzene rings is 2. The zero-order valence-corrected chi connectivity index (χ0v) is 7.65. The van der Waals surface area contributed by atoms with Gasteiger partial charge in [-0.05, 0) is 11.5 Å². The van der Waals surface area contributed by atoms with E-state index in [-0.39, 0.29) is 11.5 Å². The van der Waals surface area contributed by atoms with Crippen molar-refractivity contribution in [2.75, 3.05) is 0 Å². The number of aromatic hydroxyl groups is 1. The van der Waals surface area contributed by atoms with Gasteiger partial charge in [0.25, 0.3) is 0 Å². The van der Waals surface area contributed by atoms with Crippen LogP contribution in [0.15, 0.2) is 36.4 Å². The predicted octanol–water partition coefficient (Wildman–Crippen LogP) is 3.15. The first-order valence-corrected chi connectivity index (χ1v) is 4.34. The largest absolute Gasteiger partial charge is 0.504 e. The van der Waals surface area contributed by atoms with Gasteiger partial charge in [-0.1, -0.05) is 30.3 Å². The van der Waals surface area contributed by atoms with Crippen LogP contribution in [-0.2, 0) is 0 Å². The molecule has 0 heterocycles. The molecule has 0 spiro atoms. The number of hydrogen-bond acceptors (Lipinski definition) is 2. The van der Waals surface area contributed by atoms with E-state index >= 15 is 0 Å². The summed E-state index contributed by atoms with van der Waals surface area (Å²) in [6.07, 6.45) is 0. The first-order valence-electron chi connectivity index (χ1n) is 4.34. The molecule has 0 aliphatic heterocycles. The van der Waals surface area contributed by atoms with Gasteiger partial charge in [0.15, 0.2) is 11.5 Å². The molecule has 15 heavy (non-hydrogen) atoms. The second-order valence-corrected chi connectivity index (χ2v) is 3.01. The standard InChI is InChI=1S/C11H8F2O2/c12-11(13)15-10-8-4-2-1-3-7(8)5-6-9(10)14/h1-6,11,14H. The summed E-state index contributed by atoms with van der Waals surface area (Å²) in [5.41, 5.74) is 0. The molecule has 0 aromatic heterocycles. The van der Waals surface area contributed by atoms with Crippen molar-refractivity contribution in [3.05, 3.63) is 36.4 Å². The van der Waals surface area contributed by atoms with E-state index in [1.807, 2.05) is 0 Å². The van der Waals surface area contributed by atoms with Crippen LogP contribution in [0.5, 0.6) is 11.5 Å². The normalized spacial score (nSPS) is 10.9. The Morgan fingerprint density at radius 1 is 1.07 bits per heavy atom. The van der Waals surface area contributed by atoms with Gasteiger partial charge in [-0.3, -0.25) is 0 Å². The van der Waals surface area contributed by atoms with Crippen LogP contribution in [0.3, 0.4) is 0 Å². The summed E-state index contributed by atoms with van der Waals surface area (Å²) in [5, 5.41) is 10.6. The molecule has 2 nitrogen and oxygen atoms in total. The van der Waals surface area contributed by atoms with E-state index in [4.69, 9.17) is 0 Å². The monoisotopic (exact) mass is 210 g/mol. The molecule has 0 aliphatic carbocycles. The fourth-order valence-corrected chi connectivity index (χ4v) is 1.44. The lowest BCUT2D eigenvalue weighted by Gasteiger charge is -2.09. The maximum absolute atomic E-state index is 12.1. The Bertz CT molecular complexity index is 483. The molecule has 0 atom stereocenters. The van der Waals surface area contributed by atoms with Crippen LogP contribution in [0, 0.1) is 0 Å². The Hall–Kier alpha value is -1.84. The molecule has 1 N–H and O–H groups in total. The minimum absolute atomic E-state index is 0.178. The van der Waals surface area contributed by atoms with E-state index < -0.39 is 6.61 Å². The van der Waals surface area contributed by atoms with E-state index in [0.29, 0.717) is 5.39 Å². The fourth-order valence-electron chi connectivity index (χ4n) is 1.44. The summed E-state index contributed by atoms with van der Waals surface area (Å²) in [7, 11) is 0. The number of phenolic OH excluding ortho intramolecular Hbond substituents is 1. The average molecular weight is 210 g/mol. The smallest absolute Gasteiger partial charge is 0.387 e. The van der Waals surface area contributed by atoms with E-state index in [1.165, 1.54) is 6.07 Å². The second kappa shape index (κ2) is 3.73. The zero-order chi connectivity index (χ0) is 10.8. The van der Waals surface area contributed by atoms with E-state index in [2.05, 4.69) is 4.74 Å². The molecular weight excluding hydrogens is 202 g/mol. The molecular formula is C11H8F2O2. The van der Waals surface area contributed by atoms with Gasteiger partial charge < -0.3 is 9.84 Å². The highest BCUT2D eigenvalue weighted by Crippen LogP contribution is 2.35. The third-order valence-corrected chi connectivity index (χ3v) is 2.07. The Kier molecular flexibility index (Phi) is 2.41.